The number of amides is 1. The lowest BCUT2D eigenvalue weighted by molar-refractivity contribution is 0.0751. The summed E-state index contributed by atoms with van der Waals surface area (Å²) in [5.41, 5.74) is 6.05. The van der Waals surface area contributed by atoms with Crippen molar-refractivity contribution in [1.82, 2.24) is 14.8 Å². The Bertz CT molecular complexity index is 418. The first-order valence-corrected chi connectivity index (χ1v) is 7.36. The maximum atomic E-state index is 12.3. The summed E-state index contributed by atoms with van der Waals surface area (Å²) in [6.45, 7) is 10.9. The Balaban J connectivity index is 2.55. The molecule has 0 saturated heterocycles. The van der Waals surface area contributed by atoms with E-state index in [0.717, 1.165) is 32.6 Å². The molecule has 1 amide bonds. The molecule has 0 aliphatic carbocycles. The highest BCUT2D eigenvalue weighted by molar-refractivity contribution is 5.92. The van der Waals surface area contributed by atoms with Crippen molar-refractivity contribution in [2.24, 2.45) is 0 Å². The molecule has 0 atom stereocenters. The molecule has 5 heteroatoms. The zero-order valence-electron chi connectivity index (χ0n) is 12.8. The third-order valence-electron chi connectivity index (χ3n) is 3.46. The van der Waals surface area contributed by atoms with Crippen molar-refractivity contribution in [3.63, 3.8) is 0 Å². The van der Waals surface area contributed by atoms with Gasteiger partial charge in [0.2, 0.25) is 0 Å². The molecular weight excluding hydrogens is 252 g/mol. The lowest BCUT2D eigenvalue weighted by atomic mass is 10.2. The number of rotatable bonds is 8. The van der Waals surface area contributed by atoms with Gasteiger partial charge >= 0.3 is 0 Å². The van der Waals surface area contributed by atoms with Gasteiger partial charge in [-0.2, -0.15) is 0 Å². The summed E-state index contributed by atoms with van der Waals surface area (Å²) < 4.78 is 0. The third kappa shape index (κ3) is 4.81. The van der Waals surface area contributed by atoms with Gasteiger partial charge in [0.15, 0.2) is 0 Å². The van der Waals surface area contributed by atoms with Gasteiger partial charge in [-0.1, -0.05) is 19.9 Å². The number of hydrogen-bond donors (Lipinski definition) is 1. The molecule has 112 valence electrons. The van der Waals surface area contributed by atoms with Crippen molar-refractivity contribution in [2.45, 2.75) is 27.2 Å². The molecular formula is C15H26N4O. The molecule has 20 heavy (non-hydrogen) atoms. The minimum absolute atomic E-state index is 0.0423. The third-order valence-corrected chi connectivity index (χ3v) is 3.46. The Morgan fingerprint density at radius 1 is 1.15 bits per heavy atom. The van der Waals surface area contributed by atoms with Crippen molar-refractivity contribution < 1.29 is 4.79 Å². The molecule has 5 nitrogen and oxygen atoms in total. The Labute approximate surface area is 121 Å². The van der Waals surface area contributed by atoms with Crippen molar-refractivity contribution in [1.29, 1.82) is 0 Å². The molecule has 0 aromatic carbocycles. The second-order valence-corrected chi connectivity index (χ2v) is 4.71. The van der Waals surface area contributed by atoms with Crippen molar-refractivity contribution in [3.05, 3.63) is 23.9 Å². The zero-order valence-corrected chi connectivity index (χ0v) is 12.8. The van der Waals surface area contributed by atoms with Crippen LogP contribution in [0.15, 0.2) is 18.2 Å². The Morgan fingerprint density at radius 3 is 2.40 bits per heavy atom. The SMILES string of the molecule is CCN(CC)CCCN(CC)C(=O)c1cccc(N)n1. The molecule has 0 bridgehead atoms. The first-order valence-electron chi connectivity index (χ1n) is 7.36. The number of anilines is 1. The molecule has 0 unspecified atom stereocenters. The number of carbonyl (C=O) groups is 1. The van der Waals surface area contributed by atoms with E-state index in [1.54, 1.807) is 18.2 Å². The minimum atomic E-state index is -0.0423. The van der Waals surface area contributed by atoms with Crippen molar-refractivity contribution in [2.75, 3.05) is 38.5 Å². The van der Waals surface area contributed by atoms with Crippen LogP contribution in [0.25, 0.3) is 0 Å². The molecule has 0 saturated carbocycles. The van der Waals surface area contributed by atoms with E-state index in [2.05, 4.69) is 23.7 Å². The monoisotopic (exact) mass is 278 g/mol. The molecule has 1 aromatic heterocycles. The number of carbonyl (C=O) groups excluding carboxylic acids is 1. The number of nitrogens with two attached hydrogens (primary N) is 1. The Kier molecular flexibility index (Phi) is 7.01. The second-order valence-electron chi connectivity index (χ2n) is 4.71. The van der Waals surface area contributed by atoms with Crippen LogP contribution in [-0.2, 0) is 0 Å². The Hall–Kier alpha value is -1.62. The van der Waals surface area contributed by atoms with E-state index >= 15 is 0 Å². The van der Waals surface area contributed by atoms with Crippen LogP contribution >= 0.6 is 0 Å². The topological polar surface area (TPSA) is 62.5 Å². The summed E-state index contributed by atoms with van der Waals surface area (Å²) in [4.78, 5) is 20.6. The van der Waals surface area contributed by atoms with Gasteiger partial charge in [-0.25, -0.2) is 4.98 Å². The fourth-order valence-corrected chi connectivity index (χ4v) is 2.16. The number of nitrogens with zero attached hydrogens (tertiary/aromatic N) is 3. The average Bonchev–Trinajstić information content (AvgIpc) is 2.47. The molecule has 1 aromatic rings. The smallest absolute Gasteiger partial charge is 0.272 e. The van der Waals surface area contributed by atoms with Crippen molar-refractivity contribution >= 4 is 11.7 Å². The van der Waals surface area contributed by atoms with Gasteiger partial charge in [0.1, 0.15) is 11.5 Å². The predicted molar refractivity (Wildman–Crippen MR) is 82.6 cm³/mol. The molecule has 0 aliphatic rings. The largest absolute Gasteiger partial charge is 0.384 e. The molecule has 1 heterocycles. The fourth-order valence-electron chi connectivity index (χ4n) is 2.16. The summed E-state index contributed by atoms with van der Waals surface area (Å²) in [6.07, 6.45) is 0.976. The van der Waals surface area contributed by atoms with E-state index in [0.29, 0.717) is 18.1 Å². The van der Waals surface area contributed by atoms with Crippen LogP contribution < -0.4 is 5.73 Å². The minimum Gasteiger partial charge on any atom is -0.384 e. The summed E-state index contributed by atoms with van der Waals surface area (Å²) in [5, 5.41) is 0. The van der Waals surface area contributed by atoms with Gasteiger partial charge in [0.05, 0.1) is 0 Å². The van der Waals surface area contributed by atoms with Gasteiger partial charge in [0.25, 0.3) is 5.91 Å². The van der Waals surface area contributed by atoms with Crippen molar-refractivity contribution in [3.8, 4) is 0 Å². The highest BCUT2D eigenvalue weighted by Crippen LogP contribution is 2.06. The maximum absolute atomic E-state index is 12.3. The molecule has 0 fully saturated rings. The summed E-state index contributed by atoms with van der Waals surface area (Å²) in [6, 6.07) is 5.17. The van der Waals surface area contributed by atoms with Gasteiger partial charge in [-0.3, -0.25) is 4.79 Å². The van der Waals surface area contributed by atoms with Crippen LogP contribution in [0, 0.1) is 0 Å². The lowest BCUT2D eigenvalue weighted by Gasteiger charge is -2.23. The van der Waals surface area contributed by atoms with Crippen LogP contribution in [0.3, 0.4) is 0 Å². The predicted octanol–water partition coefficient (Wildman–Crippen LogP) is 1.86. The van der Waals surface area contributed by atoms with E-state index in [1.165, 1.54) is 0 Å². The first-order chi connectivity index (χ1) is 9.62. The molecule has 0 radical (unpaired) electrons. The van der Waals surface area contributed by atoms with Crippen LogP contribution in [-0.4, -0.2) is 53.4 Å². The van der Waals surface area contributed by atoms with Gasteiger partial charge < -0.3 is 15.5 Å². The molecule has 1 rings (SSSR count). The summed E-state index contributed by atoms with van der Waals surface area (Å²) in [5.74, 6) is 0.342. The molecule has 0 spiro atoms. The number of pyridine rings is 1. The average molecular weight is 278 g/mol. The highest BCUT2D eigenvalue weighted by Gasteiger charge is 2.15. The maximum Gasteiger partial charge on any atom is 0.272 e. The summed E-state index contributed by atoms with van der Waals surface area (Å²) in [7, 11) is 0. The number of hydrogen-bond acceptors (Lipinski definition) is 4. The first kappa shape index (κ1) is 16.4. The fraction of sp³-hybridized carbons (Fsp3) is 0.600. The second kappa shape index (κ2) is 8.53. The van der Waals surface area contributed by atoms with E-state index in [9.17, 15) is 4.79 Å². The van der Waals surface area contributed by atoms with E-state index in [1.807, 2.05) is 11.8 Å². The highest BCUT2D eigenvalue weighted by atomic mass is 16.2. The van der Waals surface area contributed by atoms with E-state index in [4.69, 9.17) is 5.73 Å². The number of aromatic nitrogens is 1. The Morgan fingerprint density at radius 2 is 1.85 bits per heavy atom. The number of nitrogen functional groups attached to an aromatic ring is 1. The van der Waals surface area contributed by atoms with E-state index in [-0.39, 0.29) is 5.91 Å². The van der Waals surface area contributed by atoms with Crippen LogP contribution in [0.2, 0.25) is 0 Å². The summed E-state index contributed by atoms with van der Waals surface area (Å²) >= 11 is 0. The van der Waals surface area contributed by atoms with Crippen LogP contribution in [0.5, 0.6) is 0 Å². The van der Waals surface area contributed by atoms with Gasteiger partial charge in [-0.15, -0.1) is 0 Å². The molecule has 0 aliphatic heterocycles. The normalized spacial score (nSPS) is 10.8. The standard InChI is InChI=1S/C15H26N4O/c1-4-18(5-2)11-8-12-19(6-3)15(20)13-9-7-10-14(16)17-13/h7,9-10H,4-6,8,11-12H2,1-3H3,(H2,16,17). The lowest BCUT2D eigenvalue weighted by Crippen LogP contribution is -2.34. The zero-order chi connectivity index (χ0) is 15.0. The van der Waals surface area contributed by atoms with Crippen LogP contribution in [0.4, 0.5) is 5.82 Å². The van der Waals surface area contributed by atoms with E-state index < -0.39 is 0 Å². The van der Waals surface area contributed by atoms with Crippen LogP contribution in [0.1, 0.15) is 37.7 Å². The quantitative estimate of drug-likeness (QED) is 0.788. The molecule has 2 N–H and O–H groups in total. The van der Waals surface area contributed by atoms with Gasteiger partial charge in [0, 0.05) is 13.1 Å². The van der Waals surface area contributed by atoms with Gasteiger partial charge in [-0.05, 0) is 45.1 Å².